The molecule has 0 aliphatic carbocycles. The van der Waals surface area contributed by atoms with Crippen LogP contribution < -0.4 is 11.5 Å². The Hall–Kier alpha value is -0.0800. The van der Waals surface area contributed by atoms with Crippen LogP contribution in [0.1, 0.15) is 136 Å². The van der Waals surface area contributed by atoms with Crippen molar-refractivity contribution in [2.45, 2.75) is 148 Å². The monoisotopic (exact) mass is 354 g/mol. The molecule has 0 radical (unpaired) electrons. The summed E-state index contributed by atoms with van der Waals surface area (Å²) in [6.45, 7) is 4.55. The van der Waals surface area contributed by atoms with Gasteiger partial charge in [0.2, 0.25) is 0 Å². The lowest BCUT2D eigenvalue weighted by atomic mass is 9.99. The molecule has 0 aliphatic rings. The Morgan fingerprint density at radius 3 is 0.960 bits per heavy atom. The summed E-state index contributed by atoms with van der Waals surface area (Å²) in [5.74, 6) is 0. The summed E-state index contributed by atoms with van der Waals surface area (Å²) in [5, 5.41) is 0. The summed E-state index contributed by atoms with van der Waals surface area (Å²) in [6, 6.07) is 0.867. The van der Waals surface area contributed by atoms with Gasteiger partial charge in [0.1, 0.15) is 0 Å². The third kappa shape index (κ3) is 20.1. The van der Waals surface area contributed by atoms with Crippen LogP contribution >= 0.6 is 0 Å². The minimum absolute atomic E-state index is 0.433. The summed E-state index contributed by atoms with van der Waals surface area (Å²) in [6.07, 6.45) is 25.3. The highest BCUT2D eigenvalue weighted by atomic mass is 14.6. The number of hydrogen-bond acceptors (Lipinski definition) is 2. The molecule has 0 saturated heterocycles. The normalized spacial score (nSPS) is 13.9. The molecule has 0 heterocycles. The second-order valence-corrected chi connectivity index (χ2v) is 8.27. The summed E-state index contributed by atoms with van der Waals surface area (Å²) in [7, 11) is 0. The van der Waals surface area contributed by atoms with Crippen molar-refractivity contribution in [3.05, 3.63) is 0 Å². The van der Waals surface area contributed by atoms with Gasteiger partial charge in [-0.1, -0.05) is 110 Å². The van der Waals surface area contributed by atoms with E-state index in [1.165, 1.54) is 122 Å². The number of hydrogen-bond donors (Lipinski definition) is 2. The van der Waals surface area contributed by atoms with Crippen LogP contribution in [0, 0.1) is 0 Å². The van der Waals surface area contributed by atoms with Crippen molar-refractivity contribution in [1.29, 1.82) is 0 Å². The lowest BCUT2D eigenvalue weighted by Gasteiger charge is -2.13. The topological polar surface area (TPSA) is 52.0 Å². The minimum atomic E-state index is 0.433. The first-order chi connectivity index (χ1) is 12.2. The van der Waals surface area contributed by atoms with Gasteiger partial charge in [-0.15, -0.1) is 0 Å². The summed E-state index contributed by atoms with van der Waals surface area (Å²) in [4.78, 5) is 0. The molecule has 4 N–H and O–H groups in total. The van der Waals surface area contributed by atoms with Gasteiger partial charge in [0, 0.05) is 12.1 Å². The predicted molar refractivity (Wildman–Crippen MR) is 115 cm³/mol. The molecule has 2 atom stereocenters. The first-order valence-corrected chi connectivity index (χ1v) is 11.7. The van der Waals surface area contributed by atoms with Crippen molar-refractivity contribution in [3.8, 4) is 0 Å². The van der Waals surface area contributed by atoms with E-state index >= 15 is 0 Å². The van der Waals surface area contributed by atoms with Crippen LogP contribution in [0.5, 0.6) is 0 Å². The van der Waals surface area contributed by atoms with E-state index in [1.54, 1.807) is 0 Å². The van der Waals surface area contributed by atoms with E-state index in [2.05, 4.69) is 13.8 Å². The molecular formula is C23H50N2. The largest absolute Gasteiger partial charge is 0.328 e. The molecule has 2 unspecified atom stereocenters. The van der Waals surface area contributed by atoms with E-state index in [1.807, 2.05) is 0 Å². The van der Waals surface area contributed by atoms with E-state index in [4.69, 9.17) is 11.5 Å². The number of rotatable bonds is 20. The highest BCUT2D eigenvalue weighted by Crippen LogP contribution is 2.14. The zero-order valence-electron chi connectivity index (χ0n) is 17.7. The summed E-state index contributed by atoms with van der Waals surface area (Å²) < 4.78 is 0. The molecule has 0 aromatic heterocycles. The van der Waals surface area contributed by atoms with E-state index in [9.17, 15) is 0 Å². The maximum Gasteiger partial charge on any atom is 0.00388 e. The van der Waals surface area contributed by atoms with Gasteiger partial charge < -0.3 is 11.5 Å². The molecule has 0 saturated carbocycles. The molecule has 2 heteroatoms. The first kappa shape index (κ1) is 24.9. The molecule has 0 bridgehead atoms. The Morgan fingerprint density at radius 2 is 0.640 bits per heavy atom. The van der Waals surface area contributed by atoms with E-state index in [-0.39, 0.29) is 0 Å². The van der Waals surface area contributed by atoms with Gasteiger partial charge in [-0.3, -0.25) is 0 Å². The zero-order valence-corrected chi connectivity index (χ0v) is 17.7. The van der Waals surface area contributed by atoms with Crippen molar-refractivity contribution in [2.24, 2.45) is 11.5 Å². The third-order valence-corrected chi connectivity index (χ3v) is 5.51. The van der Waals surface area contributed by atoms with Gasteiger partial charge in [-0.2, -0.15) is 0 Å². The van der Waals surface area contributed by atoms with Crippen molar-refractivity contribution < 1.29 is 0 Å². The lowest BCUT2D eigenvalue weighted by Crippen LogP contribution is -2.20. The van der Waals surface area contributed by atoms with Crippen LogP contribution in [0.4, 0.5) is 0 Å². The molecule has 152 valence electrons. The molecule has 0 aliphatic heterocycles. The minimum Gasteiger partial charge on any atom is -0.328 e. The Morgan fingerprint density at radius 1 is 0.400 bits per heavy atom. The second-order valence-electron chi connectivity index (χ2n) is 8.27. The fourth-order valence-electron chi connectivity index (χ4n) is 3.65. The summed E-state index contributed by atoms with van der Waals surface area (Å²) >= 11 is 0. The average molecular weight is 355 g/mol. The molecule has 0 aromatic rings. The second kappa shape index (κ2) is 20.2. The van der Waals surface area contributed by atoms with Crippen molar-refractivity contribution in [3.63, 3.8) is 0 Å². The van der Waals surface area contributed by atoms with Crippen LogP contribution in [-0.4, -0.2) is 12.1 Å². The molecular weight excluding hydrogens is 304 g/mol. The number of nitrogens with two attached hydrogens (primary N) is 2. The van der Waals surface area contributed by atoms with Crippen LogP contribution in [-0.2, 0) is 0 Å². The van der Waals surface area contributed by atoms with Crippen molar-refractivity contribution in [1.82, 2.24) is 0 Å². The third-order valence-electron chi connectivity index (χ3n) is 5.51. The molecule has 25 heavy (non-hydrogen) atoms. The van der Waals surface area contributed by atoms with Crippen LogP contribution in [0.15, 0.2) is 0 Å². The van der Waals surface area contributed by atoms with Gasteiger partial charge in [0.15, 0.2) is 0 Å². The highest BCUT2D eigenvalue weighted by Gasteiger charge is 2.05. The zero-order chi connectivity index (χ0) is 18.6. The van der Waals surface area contributed by atoms with Gasteiger partial charge in [0.25, 0.3) is 0 Å². The smallest absolute Gasteiger partial charge is 0.00388 e. The lowest BCUT2D eigenvalue weighted by molar-refractivity contribution is 0.463. The van der Waals surface area contributed by atoms with Gasteiger partial charge >= 0.3 is 0 Å². The van der Waals surface area contributed by atoms with Crippen LogP contribution in [0.3, 0.4) is 0 Å². The Labute approximate surface area is 159 Å². The average Bonchev–Trinajstić information content (AvgIpc) is 2.60. The van der Waals surface area contributed by atoms with Crippen molar-refractivity contribution >= 4 is 0 Å². The first-order valence-electron chi connectivity index (χ1n) is 11.7. The van der Waals surface area contributed by atoms with Gasteiger partial charge in [-0.05, 0) is 25.7 Å². The standard InChI is InChI=1S/C23H50N2/c1-3-5-7-9-11-14-18-22(24)20-16-13-17-21-23(25)19-15-12-10-8-6-4-2/h22-23H,3-21,24-25H2,1-2H3. The molecule has 0 spiro atoms. The highest BCUT2D eigenvalue weighted by molar-refractivity contribution is 4.64. The van der Waals surface area contributed by atoms with E-state index in [0.717, 1.165) is 0 Å². The van der Waals surface area contributed by atoms with Crippen molar-refractivity contribution in [2.75, 3.05) is 0 Å². The van der Waals surface area contributed by atoms with Crippen LogP contribution in [0.2, 0.25) is 0 Å². The molecule has 0 fully saturated rings. The van der Waals surface area contributed by atoms with E-state index < -0.39 is 0 Å². The van der Waals surface area contributed by atoms with E-state index in [0.29, 0.717) is 12.1 Å². The fourth-order valence-corrected chi connectivity index (χ4v) is 3.65. The molecule has 0 amide bonds. The maximum atomic E-state index is 6.25. The number of unbranched alkanes of at least 4 members (excludes halogenated alkanes) is 12. The van der Waals surface area contributed by atoms with Gasteiger partial charge in [-0.25, -0.2) is 0 Å². The van der Waals surface area contributed by atoms with Crippen LogP contribution in [0.25, 0.3) is 0 Å². The Bertz CT molecular complexity index is 218. The van der Waals surface area contributed by atoms with Gasteiger partial charge in [0.05, 0.1) is 0 Å². The Kier molecular flexibility index (Phi) is 20.2. The SMILES string of the molecule is CCCCCCCCC(N)CCCCCC(N)CCCCCCCC. The molecule has 0 aromatic carbocycles. The Balaban J connectivity index is 3.27. The fraction of sp³-hybridized carbons (Fsp3) is 1.00. The predicted octanol–water partition coefficient (Wildman–Crippen LogP) is 7.09. The summed E-state index contributed by atoms with van der Waals surface area (Å²) in [5.41, 5.74) is 12.5. The molecule has 2 nitrogen and oxygen atoms in total. The quantitative estimate of drug-likeness (QED) is 0.229. The maximum absolute atomic E-state index is 6.25. The molecule has 0 rings (SSSR count).